The molecule has 130 valence electrons. The fourth-order valence-electron chi connectivity index (χ4n) is 3.59. The number of hydrogen-bond acceptors (Lipinski definition) is 3. The summed E-state index contributed by atoms with van der Waals surface area (Å²) in [6.45, 7) is 9.42. The zero-order chi connectivity index (χ0) is 17.0. The van der Waals surface area contributed by atoms with Crippen molar-refractivity contribution in [1.82, 2.24) is 15.1 Å². The fraction of sp³-hybridized carbons (Fsp3) is 0.778. The third-order valence-electron chi connectivity index (χ3n) is 4.94. The first kappa shape index (κ1) is 18.0. The molecule has 1 heterocycles. The second-order valence-electron chi connectivity index (χ2n) is 7.42. The third kappa shape index (κ3) is 4.34. The van der Waals surface area contributed by atoms with E-state index in [1.165, 1.54) is 11.3 Å². The topological polar surface area (TPSA) is 67.2 Å². The van der Waals surface area contributed by atoms with Gasteiger partial charge in [0, 0.05) is 18.7 Å². The van der Waals surface area contributed by atoms with Gasteiger partial charge in [-0.2, -0.15) is 5.10 Å². The minimum absolute atomic E-state index is 0.0383. The second kappa shape index (κ2) is 7.47. The summed E-state index contributed by atoms with van der Waals surface area (Å²) in [5.74, 6) is 0.590. The van der Waals surface area contributed by atoms with Crippen LogP contribution in [0.2, 0.25) is 0 Å². The van der Waals surface area contributed by atoms with Crippen LogP contribution in [0.1, 0.15) is 62.9 Å². The van der Waals surface area contributed by atoms with Crippen molar-refractivity contribution in [2.45, 2.75) is 78.3 Å². The molecule has 1 aromatic rings. The molecule has 1 aliphatic rings. The maximum absolute atomic E-state index is 12.3. The molecule has 1 saturated carbocycles. The van der Waals surface area contributed by atoms with Gasteiger partial charge in [-0.3, -0.25) is 9.48 Å². The number of amides is 1. The molecule has 0 radical (unpaired) electrons. The Kier molecular flexibility index (Phi) is 5.84. The first-order valence-electron chi connectivity index (χ1n) is 8.81. The fourth-order valence-corrected chi connectivity index (χ4v) is 3.59. The van der Waals surface area contributed by atoms with Gasteiger partial charge in [-0.05, 0) is 44.6 Å². The van der Waals surface area contributed by atoms with Crippen LogP contribution in [0.3, 0.4) is 0 Å². The Morgan fingerprint density at radius 1 is 1.35 bits per heavy atom. The van der Waals surface area contributed by atoms with Gasteiger partial charge >= 0.3 is 0 Å². The average Bonchev–Trinajstić information content (AvgIpc) is 3.04. The van der Waals surface area contributed by atoms with Crippen molar-refractivity contribution in [2.75, 3.05) is 6.61 Å². The molecule has 0 unspecified atom stereocenters. The summed E-state index contributed by atoms with van der Waals surface area (Å²) in [4.78, 5) is 12.3. The van der Waals surface area contributed by atoms with E-state index in [0.29, 0.717) is 18.8 Å². The Balaban J connectivity index is 1.95. The Hall–Kier alpha value is -1.36. The van der Waals surface area contributed by atoms with Gasteiger partial charge in [0.2, 0.25) is 5.91 Å². The van der Waals surface area contributed by atoms with E-state index in [0.717, 1.165) is 37.9 Å². The van der Waals surface area contributed by atoms with Gasteiger partial charge in [0.15, 0.2) is 0 Å². The molecule has 1 amide bonds. The van der Waals surface area contributed by atoms with Crippen LogP contribution in [-0.4, -0.2) is 32.9 Å². The lowest BCUT2D eigenvalue weighted by Gasteiger charge is -2.28. The van der Waals surface area contributed by atoms with E-state index < -0.39 is 0 Å². The molecule has 1 fully saturated rings. The predicted octanol–water partition coefficient (Wildman–Crippen LogP) is 2.51. The van der Waals surface area contributed by atoms with E-state index in [1.54, 1.807) is 0 Å². The highest BCUT2D eigenvalue weighted by molar-refractivity contribution is 5.77. The van der Waals surface area contributed by atoms with Crippen LogP contribution in [0.25, 0.3) is 0 Å². The molecule has 5 nitrogen and oxygen atoms in total. The number of carbonyl (C=O) groups is 1. The van der Waals surface area contributed by atoms with Crippen LogP contribution in [-0.2, 0) is 17.8 Å². The van der Waals surface area contributed by atoms with Crippen molar-refractivity contribution in [1.29, 1.82) is 0 Å². The van der Waals surface area contributed by atoms with Gasteiger partial charge < -0.3 is 10.4 Å². The van der Waals surface area contributed by atoms with E-state index in [2.05, 4.69) is 35.9 Å². The van der Waals surface area contributed by atoms with E-state index in [9.17, 15) is 9.90 Å². The van der Waals surface area contributed by atoms with Crippen molar-refractivity contribution in [3.8, 4) is 0 Å². The molecule has 1 aromatic heterocycles. The number of hydrogen-bond donors (Lipinski definition) is 2. The van der Waals surface area contributed by atoms with Crippen molar-refractivity contribution in [3.05, 3.63) is 17.0 Å². The van der Waals surface area contributed by atoms with E-state index >= 15 is 0 Å². The zero-order valence-electron chi connectivity index (χ0n) is 15.0. The molecule has 0 bridgehead atoms. The summed E-state index contributed by atoms with van der Waals surface area (Å²) >= 11 is 0. The van der Waals surface area contributed by atoms with Crippen molar-refractivity contribution >= 4 is 5.91 Å². The van der Waals surface area contributed by atoms with Crippen molar-refractivity contribution in [3.63, 3.8) is 0 Å². The first-order valence-corrected chi connectivity index (χ1v) is 8.81. The lowest BCUT2D eigenvalue weighted by Crippen LogP contribution is -2.49. The molecular weight excluding hydrogens is 290 g/mol. The predicted molar refractivity (Wildman–Crippen MR) is 91.3 cm³/mol. The molecule has 0 aliphatic heterocycles. The lowest BCUT2D eigenvalue weighted by atomic mass is 9.98. The Labute approximate surface area is 139 Å². The summed E-state index contributed by atoms with van der Waals surface area (Å²) in [6.07, 6.45) is 5.11. The normalized spacial score (nSPS) is 17.0. The quantitative estimate of drug-likeness (QED) is 0.811. The maximum atomic E-state index is 12.3. The summed E-state index contributed by atoms with van der Waals surface area (Å²) in [7, 11) is 0. The Morgan fingerprint density at radius 3 is 2.57 bits per heavy atom. The Morgan fingerprint density at radius 2 is 2.00 bits per heavy atom. The largest absolute Gasteiger partial charge is 0.394 e. The van der Waals surface area contributed by atoms with Crippen LogP contribution < -0.4 is 5.32 Å². The average molecular weight is 321 g/mol. The van der Waals surface area contributed by atoms with Gasteiger partial charge in [-0.15, -0.1) is 0 Å². The summed E-state index contributed by atoms with van der Waals surface area (Å²) in [5.41, 5.74) is 3.00. The number of aryl methyl sites for hydroxylation is 1. The first-order chi connectivity index (χ1) is 10.9. The number of aromatic nitrogens is 2. The molecule has 23 heavy (non-hydrogen) atoms. The summed E-state index contributed by atoms with van der Waals surface area (Å²) < 4.78 is 2.05. The number of aliphatic hydroxyl groups excluding tert-OH is 1. The lowest BCUT2D eigenvalue weighted by molar-refractivity contribution is -0.123. The van der Waals surface area contributed by atoms with Crippen LogP contribution in [0, 0.1) is 19.8 Å². The Bertz CT molecular complexity index is 543. The van der Waals surface area contributed by atoms with Gasteiger partial charge in [0.25, 0.3) is 0 Å². The minimum Gasteiger partial charge on any atom is -0.394 e. The monoisotopic (exact) mass is 321 g/mol. The van der Waals surface area contributed by atoms with Crippen molar-refractivity contribution in [2.24, 2.45) is 5.92 Å². The number of nitrogens with zero attached hydrogens (tertiary/aromatic N) is 2. The smallest absolute Gasteiger partial charge is 0.220 e. The highest BCUT2D eigenvalue weighted by Crippen LogP contribution is 2.29. The molecule has 5 heteroatoms. The summed E-state index contributed by atoms with van der Waals surface area (Å²) in [6, 6.07) is 0. The van der Waals surface area contributed by atoms with Crippen LogP contribution in [0.15, 0.2) is 0 Å². The van der Waals surface area contributed by atoms with Crippen molar-refractivity contribution < 1.29 is 9.90 Å². The number of aliphatic hydroxyl groups is 1. The van der Waals surface area contributed by atoms with Gasteiger partial charge in [-0.1, -0.05) is 26.7 Å². The third-order valence-corrected chi connectivity index (χ3v) is 4.94. The molecule has 1 aliphatic carbocycles. The van der Waals surface area contributed by atoms with E-state index in [-0.39, 0.29) is 18.1 Å². The van der Waals surface area contributed by atoms with Gasteiger partial charge in [0.05, 0.1) is 17.8 Å². The standard InChI is InChI=1S/C18H31N3O2/c1-13(2)11-21-15(4)16(14(3)20-21)7-8-17(23)19-18(12-22)9-5-6-10-18/h13,22H,5-12H2,1-4H3,(H,19,23). The summed E-state index contributed by atoms with van der Waals surface area (Å²) in [5, 5.41) is 17.3. The van der Waals surface area contributed by atoms with Gasteiger partial charge in [-0.25, -0.2) is 0 Å². The maximum Gasteiger partial charge on any atom is 0.220 e. The van der Waals surface area contributed by atoms with Crippen LogP contribution in [0.5, 0.6) is 0 Å². The highest BCUT2D eigenvalue weighted by atomic mass is 16.3. The molecular formula is C18H31N3O2. The number of nitrogens with one attached hydrogen (secondary N) is 1. The molecule has 0 aromatic carbocycles. The minimum atomic E-state index is -0.372. The molecule has 2 N–H and O–H groups in total. The van der Waals surface area contributed by atoms with Gasteiger partial charge in [0.1, 0.15) is 0 Å². The van der Waals surface area contributed by atoms with Crippen LogP contribution >= 0.6 is 0 Å². The second-order valence-corrected chi connectivity index (χ2v) is 7.42. The molecule has 2 rings (SSSR count). The number of carbonyl (C=O) groups excluding carboxylic acids is 1. The van der Waals surface area contributed by atoms with E-state index in [4.69, 9.17) is 0 Å². The molecule has 0 atom stereocenters. The van der Waals surface area contributed by atoms with E-state index in [1.807, 2.05) is 6.92 Å². The zero-order valence-corrected chi connectivity index (χ0v) is 15.0. The highest BCUT2D eigenvalue weighted by Gasteiger charge is 2.34. The molecule has 0 spiro atoms. The SMILES string of the molecule is Cc1nn(CC(C)C)c(C)c1CCC(=O)NC1(CO)CCCC1. The molecule has 0 saturated heterocycles. The van der Waals surface area contributed by atoms with Crippen LogP contribution in [0.4, 0.5) is 0 Å². The number of rotatable bonds is 7.